The van der Waals surface area contributed by atoms with E-state index in [4.69, 9.17) is 0 Å². The van der Waals surface area contributed by atoms with Crippen molar-refractivity contribution in [3.8, 4) is 0 Å². The molecule has 1 aromatic rings. The standard InChI is InChI=1S/C20H23N5O6S/c1-20(2)14(17(28)29)24-15(27)13(16(24)32-20)25(12(26)10-11-6-4-3-5-7-11)22-19(31)23-9-8-21-18(23)30/h3-7,13-14,16H,8-10H2,1-2H3,(H,21,30)(H,22,31)(H,28,29)/t13-,14+,16+/m0/s1. The van der Waals surface area contributed by atoms with E-state index in [9.17, 15) is 29.1 Å². The fourth-order valence-corrected chi connectivity index (χ4v) is 5.87. The maximum absolute atomic E-state index is 13.2. The number of imide groups is 1. The van der Waals surface area contributed by atoms with Crippen molar-refractivity contribution >= 4 is 41.6 Å². The first-order valence-electron chi connectivity index (χ1n) is 10.1. The van der Waals surface area contributed by atoms with E-state index in [0.717, 1.165) is 9.91 Å². The van der Waals surface area contributed by atoms with Gasteiger partial charge in [0.1, 0.15) is 11.4 Å². The average molecular weight is 462 g/mol. The first kappa shape index (κ1) is 21.9. The monoisotopic (exact) mass is 461 g/mol. The molecule has 3 fully saturated rings. The Morgan fingerprint density at radius 3 is 2.53 bits per heavy atom. The number of urea groups is 2. The van der Waals surface area contributed by atoms with Crippen LogP contribution in [0.2, 0.25) is 0 Å². The fraction of sp³-hybridized carbons (Fsp3) is 0.450. The van der Waals surface area contributed by atoms with Gasteiger partial charge < -0.3 is 15.3 Å². The molecule has 0 bridgehead atoms. The van der Waals surface area contributed by atoms with E-state index in [-0.39, 0.29) is 19.5 Å². The zero-order valence-corrected chi connectivity index (χ0v) is 18.3. The second-order valence-electron chi connectivity index (χ2n) is 8.27. The number of amides is 6. The molecular formula is C20H23N5O6S. The SMILES string of the molecule is CC1(C)S[C@@H]2[C@@H](N(NC(=O)N3CCNC3=O)C(=O)Cc3ccccc3)C(=O)N2[C@@H]1C(=O)O. The number of hydrogen-bond donors (Lipinski definition) is 3. The van der Waals surface area contributed by atoms with Crippen LogP contribution in [0.5, 0.6) is 0 Å². The molecule has 3 heterocycles. The summed E-state index contributed by atoms with van der Waals surface area (Å²) in [5, 5.41) is 12.5. The molecule has 0 saturated carbocycles. The van der Waals surface area contributed by atoms with Crippen molar-refractivity contribution in [1.29, 1.82) is 0 Å². The Bertz CT molecular complexity index is 986. The Morgan fingerprint density at radius 1 is 1.25 bits per heavy atom. The van der Waals surface area contributed by atoms with Gasteiger partial charge >= 0.3 is 18.0 Å². The number of carbonyl (C=O) groups excluding carboxylic acids is 4. The molecule has 11 nitrogen and oxygen atoms in total. The Hall–Kier alpha value is -3.28. The normalized spacial score (nSPS) is 25.6. The van der Waals surface area contributed by atoms with Gasteiger partial charge in [0.05, 0.1) is 6.42 Å². The van der Waals surface area contributed by atoms with Crippen LogP contribution in [-0.2, 0) is 20.8 Å². The maximum Gasteiger partial charge on any atom is 0.344 e. The topological polar surface area (TPSA) is 139 Å². The van der Waals surface area contributed by atoms with Crippen LogP contribution in [0.3, 0.4) is 0 Å². The van der Waals surface area contributed by atoms with Gasteiger partial charge in [-0.2, -0.15) is 0 Å². The second kappa shape index (κ2) is 8.01. The molecule has 12 heteroatoms. The molecule has 170 valence electrons. The number of benzene rings is 1. The van der Waals surface area contributed by atoms with Crippen LogP contribution in [0, 0.1) is 0 Å². The summed E-state index contributed by atoms with van der Waals surface area (Å²) >= 11 is 1.26. The number of nitrogens with one attached hydrogen (secondary N) is 2. The number of β-lactam (4-membered cyclic amide) rings is 1. The summed E-state index contributed by atoms with van der Waals surface area (Å²) < 4.78 is -0.784. The Morgan fingerprint density at radius 2 is 1.94 bits per heavy atom. The number of carboxylic acid groups (broad SMARTS) is 1. The molecule has 32 heavy (non-hydrogen) atoms. The lowest BCUT2D eigenvalue weighted by Gasteiger charge is -2.47. The van der Waals surface area contributed by atoms with Crippen LogP contribution in [0.25, 0.3) is 0 Å². The second-order valence-corrected chi connectivity index (χ2v) is 10.0. The third-order valence-electron chi connectivity index (χ3n) is 5.71. The molecule has 0 aromatic heterocycles. The summed E-state index contributed by atoms with van der Waals surface area (Å²) in [6.07, 6.45) is -0.0831. The van der Waals surface area contributed by atoms with E-state index >= 15 is 0 Å². The lowest BCUT2D eigenvalue weighted by atomic mass is 9.95. The van der Waals surface area contributed by atoms with E-state index in [1.807, 2.05) is 0 Å². The van der Waals surface area contributed by atoms with Gasteiger partial charge in [-0.05, 0) is 19.4 Å². The fourth-order valence-electron chi connectivity index (χ4n) is 4.20. The summed E-state index contributed by atoms with van der Waals surface area (Å²) in [6.45, 7) is 3.86. The minimum atomic E-state index is -1.13. The highest BCUT2D eigenvalue weighted by Gasteiger charge is 2.66. The van der Waals surface area contributed by atoms with Gasteiger partial charge in [0.25, 0.3) is 5.91 Å². The van der Waals surface area contributed by atoms with Crippen molar-refractivity contribution < 1.29 is 29.1 Å². The number of aliphatic carboxylic acids is 1. The van der Waals surface area contributed by atoms with Crippen LogP contribution < -0.4 is 10.7 Å². The van der Waals surface area contributed by atoms with E-state index in [2.05, 4.69) is 10.7 Å². The van der Waals surface area contributed by atoms with Crippen molar-refractivity contribution in [1.82, 2.24) is 25.6 Å². The molecule has 0 radical (unpaired) electrons. The van der Waals surface area contributed by atoms with Crippen molar-refractivity contribution in [3.63, 3.8) is 0 Å². The lowest BCUT2D eigenvalue weighted by molar-refractivity contribution is -0.170. The van der Waals surface area contributed by atoms with Gasteiger partial charge in [-0.15, -0.1) is 11.8 Å². The maximum atomic E-state index is 13.2. The summed E-state index contributed by atoms with van der Waals surface area (Å²) in [4.78, 5) is 64.7. The Balaban J connectivity index is 1.60. The molecule has 3 atom stereocenters. The minimum Gasteiger partial charge on any atom is -0.480 e. The van der Waals surface area contributed by atoms with E-state index in [1.54, 1.807) is 44.2 Å². The molecule has 3 aliphatic heterocycles. The van der Waals surface area contributed by atoms with Crippen molar-refractivity contribution in [2.75, 3.05) is 13.1 Å². The number of nitrogens with zero attached hydrogens (tertiary/aromatic N) is 3. The van der Waals surface area contributed by atoms with Gasteiger partial charge in [-0.25, -0.2) is 29.7 Å². The van der Waals surface area contributed by atoms with Crippen molar-refractivity contribution in [2.24, 2.45) is 0 Å². The lowest BCUT2D eigenvalue weighted by Crippen LogP contribution is -2.74. The summed E-state index contributed by atoms with van der Waals surface area (Å²) in [6, 6.07) is 5.28. The number of hydrogen-bond acceptors (Lipinski definition) is 6. The third-order valence-corrected chi connectivity index (χ3v) is 7.27. The molecule has 3 saturated heterocycles. The van der Waals surface area contributed by atoms with Crippen molar-refractivity contribution in [3.05, 3.63) is 35.9 Å². The van der Waals surface area contributed by atoms with E-state index in [0.29, 0.717) is 5.56 Å². The van der Waals surface area contributed by atoms with Gasteiger partial charge in [0.2, 0.25) is 5.91 Å². The highest BCUT2D eigenvalue weighted by atomic mass is 32.2. The highest BCUT2D eigenvalue weighted by Crippen LogP contribution is 2.51. The quantitative estimate of drug-likeness (QED) is 0.431. The van der Waals surface area contributed by atoms with Gasteiger partial charge in [0.15, 0.2) is 6.04 Å². The number of carbonyl (C=O) groups is 5. The molecule has 0 spiro atoms. The van der Waals surface area contributed by atoms with Crippen molar-refractivity contribution in [2.45, 2.75) is 42.5 Å². The number of rotatable bonds is 4. The molecular weight excluding hydrogens is 438 g/mol. The van der Waals surface area contributed by atoms with Crippen LogP contribution >= 0.6 is 11.8 Å². The highest BCUT2D eigenvalue weighted by molar-refractivity contribution is 8.01. The molecule has 4 rings (SSSR count). The molecule has 0 unspecified atom stereocenters. The van der Waals surface area contributed by atoms with Gasteiger partial charge in [0, 0.05) is 17.8 Å². The van der Waals surface area contributed by atoms with Crippen LogP contribution in [-0.4, -0.2) is 85.1 Å². The number of fused-ring (bicyclic) bond motifs is 1. The number of carboxylic acids is 1. The third kappa shape index (κ3) is 3.64. The molecule has 3 aliphatic rings. The smallest absolute Gasteiger partial charge is 0.344 e. The van der Waals surface area contributed by atoms with Crippen LogP contribution in [0.15, 0.2) is 30.3 Å². The molecule has 1 aromatic carbocycles. The predicted molar refractivity (Wildman–Crippen MR) is 113 cm³/mol. The van der Waals surface area contributed by atoms with Gasteiger partial charge in [-0.3, -0.25) is 9.59 Å². The van der Waals surface area contributed by atoms with E-state index in [1.165, 1.54) is 16.7 Å². The summed E-state index contributed by atoms with van der Waals surface area (Å²) in [5.74, 6) is -2.23. The molecule has 6 amide bonds. The zero-order chi connectivity index (χ0) is 23.2. The van der Waals surface area contributed by atoms with Crippen LogP contribution in [0.1, 0.15) is 19.4 Å². The molecule has 0 aliphatic carbocycles. The average Bonchev–Trinajstić information content (AvgIpc) is 3.26. The largest absolute Gasteiger partial charge is 0.480 e. The first-order chi connectivity index (χ1) is 15.1. The van der Waals surface area contributed by atoms with Gasteiger partial charge in [-0.1, -0.05) is 30.3 Å². The minimum absolute atomic E-state index is 0.0831. The van der Waals surface area contributed by atoms with E-state index < -0.39 is 52.1 Å². The number of hydrazine groups is 1. The Labute approximate surface area is 188 Å². The molecule has 3 N–H and O–H groups in total. The number of thioether (sulfide) groups is 1. The predicted octanol–water partition coefficient (Wildman–Crippen LogP) is 0.223. The summed E-state index contributed by atoms with van der Waals surface area (Å²) in [7, 11) is 0. The first-order valence-corrected chi connectivity index (χ1v) is 10.9. The summed E-state index contributed by atoms with van der Waals surface area (Å²) in [5.41, 5.74) is 3.11. The van der Waals surface area contributed by atoms with Crippen LogP contribution in [0.4, 0.5) is 9.59 Å². The zero-order valence-electron chi connectivity index (χ0n) is 17.5. The Kier molecular flexibility index (Phi) is 5.49.